The third-order valence-electron chi connectivity index (χ3n) is 4.29. The number of nitrogens with one attached hydrogen (secondary N) is 1. The fourth-order valence-electron chi connectivity index (χ4n) is 2.73. The van der Waals surface area contributed by atoms with Gasteiger partial charge in [-0.3, -0.25) is 4.98 Å². The van der Waals surface area contributed by atoms with Crippen LogP contribution in [0.15, 0.2) is 88.9 Å². The molecule has 0 bridgehead atoms. The molecule has 2 aromatic carbocycles. The highest BCUT2D eigenvalue weighted by Crippen LogP contribution is 2.28. The minimum Gasteiger partial charge on any atom is -0.264 e. The Morgan fingerprint density at radius 3 is 2.14 bits per heavy atom. The van der Waals surface area contributed by atoms with E-state index in [0.29, 0.717) is 5.56 Å². The van der Waals surface area contributed by atoms with E-state index < -0.39 is 25.1 Å². The van der Waals surface area contributed by atoms with Crippen LogP contribution < -0.4 is 4.72 Å². The van der Waals surface area contributed by atoms with Crippen LogP contribution in [0.25, 0.3) is 0 Å². The number of nitrogens with zero attached hydrogens (tertiary/aromatic N) is 1. The average Bonchev–Trinajstić information content (AvgIpc) is 2.70. The molecule has 0 radical (unpaired) electrons. The van der Waals surface area contributed by atoms with Crippen LogP contribution in [0.2, 0.25) is 0 Å². The Hall–Kier alpha value is -2.55. The molecule has 0 spiro atoms. The SMILES string of the molecule is Cc1ccc(S(=O)(=O)[C@@H](CNS(=O)(=O)c2ccccc2)c2cccnc2)cc1. The average molecular weight is 417 g/mol. The van der Waals surface area contributed by atoms with Gasteiger partial charge in [0.1, 0.15) is 5.25 Å². The molecule has 1 atom stereocenters. The largest absolute Gasteiger partial charge is 0.264 e. The second-order valence-corrected chi connectivity index (χ2v) is 10.2. The van der Waals surface area contributed by atoms with Gasteiger partial charge in [-0.25, -0.2) is 21.6 Å². The molecule has 0 aliphatic carbocycles. The summed E-state index contributed by atoms with van der Waals surface area (Å²) in [5.41, 5.74) is 1.35. The van der Waals surface area contributed by atoms with Gasteiger partial charge in [0.25, 0.3) is 0 Å². The molecule has 1 aromatic heterocycles. The maximum atomic E-state index is 13.2. The lowest BCUT2D eigenvalue weighted by atomic mass is 10.2. The van der Waals surface area contributed by atoms with Gasteiger partial charge in [0.15, 0.2) is 9.84 Å². The zero-order valence-corrected chi connectivity index (χ0v) is 16.8. The van der Waals surface area contributed by atoms with Crippen molar-refractivity contribution >= 4 is 19.9 Å². The highest BCUT2D eigenvalue weighted by molar-refractivity contribution is 7.92. The summed E-state index contributed by atoms with van der Waals surface area (Å²) in [7, 11) is -7.69. The van der Waals surface area contributed by atoms with Crippen molar-refractivity contribution < 1.29 is 16.8 Å². The Labute approximate surface area is 165 Å². The van der Waals surface area contributed by atoms with Crippen molar-refractivity contribution in [1.29, 1.82) is 0 Å². The van der Waals surface area contributed by atoms with Gasteiger partial charge in [-0.2, -0.15) is 0 Å². The molecule has 0 amide bonds. The Morgan fingerprint density at radius 1 is 0.857 bits per heavy atom. The predicted molar refractivity (Wildman–Crippen MR) is 107 cm³/mol. The van der Waals surface area contributed by atoms with E-state index in [2.05, 4.69) is 9.71 Å². The molecule has 1 N–H and O–H groups in total. The van der Waals surface area contributed by atoms with Crippen LogP contribution in [0.1, 0.15) is 16.4 Å². The summed E-state index contributed by atoms with van der Waals surface area (Å²) in [5, 5.41) is -1.11. The Bertz CT molecular complexity index is 1130. The van der Waals surface area contributed by atoms with Gasteiger partial charge < -0.3 is 0 Å². The van der Waals surface area contributed by atoms with Gasteiger partial charge in [-0.15, -0.1) is 0 Å². The van der Waals surface area contributed by atoms with Gasteiger partial charge in [-0.1, -0.05) is 42.0 Å². The number of benzene rings is 2. The van der Waals surface area contributed by atoms with Crippen molar-refractivity contribution in [3.05, 3.63) is 90.3 Å². The normalized spacial score (nSPS) is 13.2. The number of pyridine rings is 1. The molecule has 0 saturated heterocycles. The zero-order valence-electron chi connectivity index (χ0n) is 15.2. The highest BCUT2D eigenvalue weighted by Gasteiger charge is 2.31. The van der Waals surface area contributed by atoms with Gasteiger partial charge >= 0.3 is 0 Å². The lowest BCUT2D eigenvalue weighted by Crippen LogP contribution is -2.32. The van der Waals surface area contributed by atoms with Crippen LogP contribution >= 0.6 is 0 Å². The zero-order chi connectivity index (χ0) is 20.2. The van der Waals surface area contributed by atoms with Gasteiger partial charge in [0.05, 0.1) is 9.79 Å². The van der Waals surface area contributed by atoms with Crippen molar-refractivity contribution in [1.82, 2.24) is 9.71 Å². The van der Waals surface area contributed by atoms with Crippen LogP contribution in [-0.2, 0) is 19.9 Å². The molecule has 0 aliphatic heterocycles. The quantitative estimate of drug-likeness (QED) is 0.639. The van der Waals surface area contributed by atoms with Crippen LogP contribution in [-0.4, -0.2) is 28.4 Å². The first-order chi connectivity index (χ1) is 13.3. The second-order valence-electron chi connectivity index (χ2n) is 6.30. The lowest BCUT2D eigenvalue weighted by molar-refractivity contribution is 0.568. The minimum absolute atomic E-state index is 0.0765. The topological polar surface area (TPSA) is 93.2 Å². The lowest BCUT2D eigenvalue weighted by Gasteiger charge is -2.19. The van der Waals surface area contributed by atoms with E-state index in [1.54, 1.807) is 42.5 Å². The molecular formula is C20H20N2O4S2. The predicted octanol–water partition coefficient (Wildman–Crippen LogP) is 2.88. The standard InChI is InChI=1S/C20H20N2O4S2/c1-16-9-11-18(12-10-16)27(23,24)20(17-6-5-13-21-14-17)15-22-28(25,26)19-7-3-2-4-8-19/h2-14,20,22H,15H2,1H3/t20-/m0/s1. The first-order valence-corrected chi connectivity index (χ1v) is 11.6. The number of hydrogen-bond acceptors (Lipinski definition) is 5. The summed E-state index contributed by atoms with van der Waals surface area (Å²) >= 11 is 0. The number of aromatic nitrogens is 1. The summed E-state index contributed by atoms with van der Waals surface area (Å²) in [6.07, 6.45) is 2.97. The molecule has 8 heteroatoms. The van der Waals surface area contributed by atoms with E-state index in [9.17, 15) is 16.8 Å². The van der Waals surface area contributed by atoms with Crippen LogP contribution in [0.3, 0.4) is 0 Å². The molecule has 0 unspecified atom stereocenters. The van der Waals surface area contributed by atoms with Gasteiger partial charge in [-0.05, 0) is 42.8 Å². The molecule has 0 fully saturated rings. The van der Waals surface area contributed by atoms with E-state index in [4.69, 9.17) is 0 Å². The third-order valence-corrected chi connectivity index (χ3v) is 7.85. The summed E-state index contributed by atoms with van der Waals surface area (Å²) in [5.74, 6) is 0. The molecule has 0 aliphatic rings. The number of rotatable bonds is 7. The number of hydrogen-bond donors (Lipinski definition) is 1. The van der Waals surface area contributed by atoms with Gasteiger partial charge in [0.2, 0.25) is 10.0 Å². The van der Waals surface area contributed by atoms with Crippen molar-refractivity contribution in [2.45, 2.75) is 22.0 Å². The second kappa shape index (κ2) is 8.22. The number of sulfonamides is 1. The van der Waals surface area contributed by atoms with Crippen molar-refractivity contribution in [3.8, 4) is 0 Å². The maximum absolute atomic E-state index is 13.2. The molecule has 0 saturated carbocycles. The Kier molecular flexibility index (Phi) is 5.93. The molecule has 3 aromatic rings. The first kappa shape index (κ1) is 20.2. The minimum atomic E-state index is -3.85. The molecule has 28 heavy (non-hydrogen) atoms. The van der Waals surface area contributed by atoms with Crippen LogP contribution in [0.5, 0.6) is 0 Å². The number of aryl methyl sites for hydroxylation is 1. The monoisotopic (exact) mass is 416 g/mol. The van der Waals surface area contributed by atoms with E-state index in [1.807, 2.05) is 6.92 Å². The van der Waals surface area contributed by atoms with E-state index >= 15 is 0 Å². The highest BCUT2D eigenvalue weighted by atomic mass is 32.2. The fraction of sp³-hybridized carbons (Fsp3) is 0.150. The van der Waals surface area contributed by atoms with Crippen LogP contribution in [0, 0.1) is 6.92 Å². The molecular weight excluding hydrogens is 396 g/mol. The van der Waals surface area contributed by atoms with E-state index in [-0.39, 0.29) is 16.3 Å². The molecule has 1 heterocycles. The first-order valence-electron chi connectivity index (χ1n) is 8.56. The van der Waals surface area contributed by atoms with Gasteiger partial charge in [0, 0.05) is 18.9 Å². The number of sulfone groups is 1. The van der Waals surface area contributed by atoms with Crippen molar-refractivity contribution in [2.24, 2.45) is 0 Å². The van der Waals surface area contributed by atoms with E-state index in [0.717, 1.165) is 5.56 Å². The smallest absolute Gasteiger partial charge is 0.240 e. The molecule has 6 nitrogen and oxygen atoms in total. The van der Waals surface area contributed by atoms with Crippen molar-refractivity contribution in [3.63, 3.8) is 0 Å². The summed E-state index contributed by atoms with van der Waals surface area (Å²) in [6, 6.07) is 17.6. The molecule has 3 rings (SSSR count). The summed E-state index contributed by atoms with van der Waals surface area (Å²) in [4.78, 5) is 4.19. The summed E-state index contributed by atoms with van der Waals surface area (Å²) in [6.45, 7) is 1.56. The Balaban J connectivity index is 1.96. The maximum Gasteiger partial charge on any atom is 0.240 e. The summed E-state index contributed by atoms with van der Waals surface area (Å²) < 4.78 is 54.0. The fourth-order valence-corrected chi connectivity index (χ4v) is 5.55. The molecule has 146 valence electrons. The van der Waals surface area contributed by atoms with E-state index in [1.165, 1.54) is 36.7 Å². The van der Waals surface area contributed by atoms with Crippen molar-refractivity contribution in [2.75, 3.05) is 6.54 Å². The third kappa shape index (κ3) is 4.46. The van der Waals surface area contributed by atoms with Crippen LogP contribution in [0.4, 0.5) is 0 Å². The Morgan fingerprint density at radius 2 is 1.54 bits per heavy atom.